The second-order valence-electron chi connectivity index (χ2n) is 7.90. The summed E-state index contributed by atoms with van der Waals surface area (Å²) in [6, 6.07) is 15.0. The van der Waals surface area contributed by atoms with Gasteiger partial charge in [-0.15, -0.1) is 0 Å². The Kier molecular flexibility index (Phi) is 5.96. The average Bonchev–Trinajstić information content (AvgIpc) is 3.35. The maximum atomic E-state index is 13.2. The number of hydrogen-bond donors (Lipinski definition) is 1. The van der Waals surface area contributed by atoms with Crippen molar-refractivity contribution in [3.8, 4) is 11.5 Å². The third-order valence-corrected chi connectivity index (χ3v) is 5.77. The van der Waals surface area contributed by atoms with E-state index in [1.54, 1.807) is 70.5 Å². The van der Waals surface area contributed by atoms with Gasteiger partial charge in [0.15, 0.2) is 0 Å². The van der Waals surface area contributed by atoms with Crippen molar-refractivity contribution >= 4 is 17.4 Å². The third-order valence-electron chi connectivity index (χ3n) is 5.77. The van der Waals surface area contributed by atoms with Crippen LogP contribution in [0.2, 0.25) is 0 Å². The van der Waals surface area contributed by atoms with Gasteiger partial charge in [-0.3, -0.25) is 9.59 Å². The first-order valence-electron chi connectivity index (χ1n) is 10.5. The molecule has 1 aliphatic rings. The minimum absolute atomic E-state index is 0.00358. The number of carbonyl (C=O) groups is 2. The summed E-state index contributed by atoms with van der Waals surface area (Å²) in [4.78, 5) is 27.7. The van der Waals surface area contributed by atoms with Gasteiger partial charge in [0, 0.05) is 12.1 Å². The molecule has 1 unspecified atom stereocenters. The van der Waals surface area contributed by atoms with Gasteiger partial charge in [0.1, 0.15) is 34.8 Å². The molecule has 1 fully saturated rings. The van der Waals surface area contributed by atoms with Crippen LogP contribution in [0.1, 0.15) is 34.3 Å². The van der Waals surface area contributed by atoms with E-state index in [-0.39, 0.29) is 17.9 Å². The first-order valence-corrected chi connectivity index (χ1v) is 10.5. The summed E-state index contributed by atoms with van der Waals surface area (Å²) in [5, 5.41) is 11.2. The van der Waals surface area contributed by atoms with Crippen LogP contribution in [-0.2, 0) is 16.1 Å². The summed E-state index contributed by atoms with van der Waals surface area (Å²) in [7, 11) is 3.13. The molecule has 2 heterocycles. The average molecular weight is 447 g/mol. The number of aliphatic hydroxyl groups excluding tert-OH is 1. The Hall–Kier alpha value is -4.00. The number of nitrogens with zero attached hydrogens (tertiary/aromatic N) is 1. The van der Waals surface area contributed by atoms with Crippen molar-refractivity contribution in [3.05, 3.63) is 88.4 Å². The largest absolute Gasteiger partial charge is 0.507 e. The Morgan fingerprint density at radius 2 is 1.64 bits per heavy atom. The van der Waals surface area contributed by atoms with Crippen LogP contribution in [0.5, 0.6) is 11.5 Å². The van der Waals surface area contributed by atoms with Crippen molar-refractivity contribution in [2.75, 3.05) is 14.2 Å². The summed E-state index contributed by atoms with van der Waals surface area (Å²) in [5.41, 5.74) is 1.97. The minimum Gasteiger partial charge on any atom is -0.507 e. The summed E-state index contributed by atoms with van der Waals surface area (Å²) in [5.74, 6) is 0.669. The van der Waals surface area contributed by atoms with E-state index in [0.717, 1.165) is 5.56 Å². The molecule has 1 aliphatic heterocycles. The van der Waals surface area contributed by atoms with E-state index in [0.29, 0.717) is 34.1 Å². The number of amides is 1. The summed E-state index contributed by atoms with van der Waals surface area (Å²) >= 11 is 0. The molecule has 0 spiro atoms. The van der Waals surface area contributed by atoms with Crippen LogP contribution in [0.25, 0.3) is 5.76 Å². The number of aliphatic hydroxyl groups is 1. The van der Waals surface area contributed by atoms with Crippen molar-refractivity contribution in [1.29, 1.82) is 0 Å². The SMILES string of the molecule is COc1ccc(CN2C(=O)C(=O)/C(=C(\O)c3ccc(OC)cc3C)C2c2ccc(C)o2)cc1. The molecule has 0 saturated carbocycles. The van der Waals surface area contributed by atoms with E-state index in [4.69, 9.17) is 13.9 Å². The molecule has 33 heavy (non-hydrogen) atoms. The van der Waals surface area contributed by atoms with E-state index in [2.05, 4.69) is 0 Å². The lowest BCUT2D eigenvalue weighted by Crippen LogP contribution is -2.29. The summed E-state index contributed by atoms with van der Waals surface area (Å²) in [6.07, 6.45) is 0. The van der Waals surface area contributed by atoms with Crippen LogP contribution < -0.4 is 9.47 Å². The number of benzene rings is 2. The predicted molar refractivity (Wildman–Crippen MR) is 122 cm³/mol. The smallest absolute Gasteiger partial charge is 0.296 e. The van der Waals surface area contributed by atoms with Gasteiger partial charge in [0.05, 0.1) is 19.8 Å². The molecule has 1 saturated heterocycles. The third kappa shape index (κ3) is 4.09. The quantitative estimate of drug-likeness (QED) is 0.339. The highest BCUT2D eigenvalue weighted by molar-refractivity contribution is 6.46. The zero-order valence-corrected chi connectivity index (χ0v) is 18.9. The van der Waals surface area contributed by atoms with Crippen LogP contribution in [0.15, 0.2) is 64.6 Å². The standard InChI is InChI=1S/C26H25NO6/c1-15-13-19(32-4)10-11-20(15)24(28)22-23(21-12-5-16(2)33-21)27(26(30)25(22)29)14-17-6-8-18(31-3)9-7-17/h5-13,23,28H,14H2,1-4H3/b24-22-. The van der Waals surface area contributed by atoms with Crippen LogP contribution in [0.4, 0.5) is 0 Å². The monoisotopic (exact) mass is 447 g/mol. The van der Waals surface area contributed by atoms with E-state index in [1.807, 2.05) is 12.1 Å². The number of hydrogen-bond acceptors (Lipinski definition) is 6. The Labute approximate surface area is 191 Å². The number of furan rings is 1. The van der Waals surface area contributed by atoms with Crippen molar-refractivity contribution in [2.45, 2.75) is 26.4 Å². The lowest BCUT2D eigenvalue weighted by Gasteiger charge is -2.23. The van der Waals surface area contributed by atoms with E-state index in [1.165, 1.54) is 4.90 Å². The highest BCUT2D eigenvalue weighted by Gasteiger charge is 2.47. The van der Waals surface area contributed by atoms with Crippen LogP contribution in [0.3, 0.4) is 0 Å². The fraction of sp³-hybridized carbons (Fsp3) is 0.231. The van der Waals surface area contributed by atoms with E-state index >= 15 is 0 Å². The molecule has 1 aromatic heterocycles. The zero-order chi connectivity index (χ0) is 23.7. The van der Waals surface area contributed by atoms with Gasteiger partial charge in [-0.1, -0.05) is 12.1 Å². The molecule has 7 nitrogen and oxygen atoms in total. The van der Waals surface area contributed by atoms with Gasteiger partial charge in [-0.05, 0) is 67.4 Å². The van der Waals surface area contributed by atoms with Gasteiger partial charge in [-0.2, -0.15) is 0 Å². The summed E-state index contributed by atoms with van der Waals surface area (Å²) < 4.78 is 16.3. The number of likely N-dealkylation sites (tertiary alicyclic amines) is 1. The number of ketones is 1. The van der Waals surface area contributed by atoms with Gasteiger partial charge < -0.3 is 23.9 Å². The van der Waals surface area contributed by atoms with Crippen LogP contribution in [0, 0.1) is 13.8 Å². The van der Waals surface area contributed by atoms with Gasteiger partial charge in [0.2, 0.25) is 0 Å². The van der Waals surface area contributed by atoms with Crippen molar-refractivity contribution in [2.24, 2.45) is 0 Å². The van der Waals surface area contributed by atoms with Crippen molar-refractivity contribution < 1.29 is 28.6 Å². The van der Waals surface area contributed by atoms with Crippen LogP contribution >= 0.6 is 0 Å². The second-order valence-corrected chi connectivity index (χ2v) is 7.90. The molecular weight excluding hydrogens is 422 g/mol. The maximum Gasteiger partial charge on any atom is 0.296 e. The lowest BCUT2D eigenvalue weighted by molar-refractivity contribution is -0.140. The number of carbonyl (C=O) groups excluding carboxylic acids is 2. The number of ether oxygens (including phenoxy) is 2. The molecule has 4 rings (SSSR count). The van der Waals surface area contributed by atoms with Crippen molar-refractivity contribution in [3.63, 3.8) is 0 Å². The van der Waals surface area contributed by atoms with Crippen LogP contribution in [-0.4, -0.2) is 35.9 Å². The molecule has 170 valence electrons. The Morgan fingerprint density at radius 1 is 0.970 bits per heavy atom. The maximum absolute atomic E-state index is 13.2. The molecule has 0 aliphatic carbocycles. The number of methoxy groups -OCH3 is 2. The highest BCUT2D eigenvalue weighted by atomic mass is 16.5. The fourth-order valence-electron chi connectivity index (χ4n) is 4.04. The number of Topliss-reactive ketones (excluding diaryl/α,β-unsaturated/α-hetero) is 1. The minimum atomic E-state index is -0.859. The van der Waals surface area contributed by atoms with Crippen molar-refractivity contribution in [1.82, 2.24) is 4.90 Å². The van der Waals surface area contributed by atoms with Gasteiger partial charge in [0.25, 0.3) is 11.7 Å². The molecule has 2 aromatic carbocycles. The van der Waals surface area contributed by atoms with E-state index in [9.17, 15) is 14.7 Å². The zero-order valence-electron chi connectivity index (χ0n) is 18.9. The topological polar surface area (TPSA) is 89.2 Å². The highest BCUT2D eigenvalue weighted by Crippen LogP contribution is 2.41. The molecule has 0 bridgehead atoms. The molecule has 1 N–H and O–H groups in total. The molecule has 7 heteroatoms. The molecule has 1 amide bonds. The molecular formula is C26H25NO6. The molecule has 3 aromatic rings. The Morgan fingerprint density at radius 3 is 2.21 bits per heavy atom. The normalized spacial score (nSPS) is 17.5. The van der Waals surface area contributed by atoms with Gasteiger partial charge in [-0.25, -0.2) is 0 Å². The van der Waals surface area contributed by atoms with E-state index < -0.39 is 17.7 Å². The number of rotatable bonds is 6. The summed E-state index contributed by atoms with van der Waals surface area (Å²) in [6.45, 7) is 3.75. The molecule has 0 radical (unpaired) electrons. The first kappa shape index (κ1) is 22.2. The fourth-order valence-corrected chi connectivity index (χ4v) is 4.04. The van der Waals surface area contributed by atoms with Gasteiger partial charge >= 0.3 is 0 Å². The first-order chi connectivity index (χ1) is 15.8. The lowest BCUT2D eigenvalue weighted by atomic mass is 9.97. The second kappa shape index (κ2) is 8.86. The Bertz CT molecular complexity index is 1240. The molecule has 1 atom stereocenters. The number of aryl methyl sites for hydroxylation is 2. The predicted octanol–water partition coefficient (Wildman–Crippen LogP) is 4.54. The Balaban J connectivity index is 1.82.